The zero-order valence-corrected chi connectivity index (χ0v) is 32.2. The maximum Gasteiger partial charge on any atom is 0.211 e. The summed E-state index contributed by atoms with van der Waals surface area (Å²) in [6.45, 7) is 33.3. The van der Waals surface area contributed by atoms with E-state index in [2.05, 4.69) is 84.2 Å². The van der Waals surface area contributed by atoms with Crippen LogP contribution in [-0.4, -0.2) is 57.0 Å². The highest BCUT2D eigenvalue weighted by molar-refractivity contribution is 5.92. The molecule has 0 bridgehead atoms. The third-order valence-electron chi connectivity index (χ3n) is 6.19. The van der Waals surface area contributed by atoms with Crippen LogP contribution in [0, 0.1) is 0 Å². The highest BCUT2D eigenvalue weighted by Crippen LogP contribution is 2.14. The van der Waals surface area contributed by atoms with Crippen molar-refractivity contribution in [3.05, 3.63) is 84.7 Å². The summed E-state index contributed by atoms with van der Waals surface area (Å²) in [4.78, 5) is 18.6. The van der Waals surface area contributed by atoms with Crippen LogP contribution in [0.1, 0.15) is 115 Å². The molecule has 270 valence electrons. The lowest BCUT2D eigenvalue weighted by molar-refractivity contribution is -0.108. The Morgan fingerprint density at radius 2 is 1.62 bits per heavy atom. The van der Waals surface area contributed by atoms with Gasteiger partial charge >= 0.3 is 0 Å². The van der Waals surface area contributed by atoms with Crippen molar-refractivity contribution in [3.8, 4) is 0 Å². The first-order chi connectivity index (χ1) is 22.7. The van der Waals surface area contributed by atoms with E-state index in [4.69, 9.17) is 4.74 Å². The molecule has 3 N–H and O–H groups in total. The van der Waals surface area contributed by atoms with Crippen molar-refractivity contribution in [3.63, 3.8) is 0 Å². The third kappa shape index (κ3) is 39.0. The molecular weight excluding hydrogens is 582 g/mol. The van der Waals surface area contributed by atoms with E-state index in [1.165, 1.54) is 17.6 Å². The lowest BCUT2D eigenvalue weighted by atomic mass is 10.0. The minimum absolute atomic E-state index is 0.195. The molecule has 7 nitrogen and oxygen atoms in total. The van der Waals surface area contributed by atoms with E-state index in [9.17, 15) is 4.79 Å². The summed E-state index contributed by atoms with van der Waals surface area (Å²) in [7, 11) is 0. The second-order valence-corrected chi connectivity index (χ2v) is 10.1. The Kier molecular flexibility index (Phi) is 46.3. The number of unbranched alkanes of at least 4 members (excludes halogenated alkanes) is 1. The van der Waals surface area contributed by atoms with Crippen molar-refractivity contribution in [2.24, 2.45) is 9.98 Å². The summed E-state index contributed by atoms with van der Waals surface area (Å²) < 4.78 is 5.88. The van der Waals surface area contributed by atoms with Crippen molar-refractivity contribution in [1.29, 1.82) is 0 Å². The van der Waals surface area contributed by atoms with E-state index in [0.717, 1.165) is 56.7 Å². The minimum Gasteiger partial charge on any atom is -0.374 e. The first-order valence-corrected chi connectivity index (χ1v) is 17.6. The normalized spacial score (nSPS) is 13.4. The molecule has 0 aromatic rings. The van der Waals surface area contributed by atoms with Crippen LogP contribution in [0.2, 0.25) is 0 Å². The fourth-order valence-electron chi connectivity index (χ4n) is 3.39. The Bertz CT molecular complexity index is 942. The van der Waals surface area contributed by atoms with E-state index < -0.39 is 0 Å². The molecule has 0 aliphatic heterocycles. The van der Waals surface area contributed by atoms with Gasteiger partial charge in [0.2, 0.25) is 6.41 Å². The maximum absolute atomic E-state index is 10.1. The van der Waals surface area contributed by atoms with Gasteiger partial charge < -0.3 is 10.1 Å². The number of ether oxygens (including phenoxy) is 1. The van der Waals surface area contributed by atoms with E-state index in [1.54, 1.807) is 6.21 Å². The van der Waals surface area contributed by atoms with Crippen LogP contribution in [0.5, 0.6) is 0 Å². The van der Waals surface area contributed by atoms with Gasteiger partial charge in [-0.2, -0.15) is 0 Å². The number of hydrogen-bond acceptors (Lipinski definition) is 6. The predicted molar refractivity (Wildman–Crippen MR) is 213 cm³/mol. The molecule has 0 spiro atoms. The molecule has 0 saturated carbocycles. The summed E-state index contributed by atoms with van der Waals surface area (Å²) in [5, 5.41) is 8.91. The second kappa shape index (κ2) is 42.9. The van der Waals surface area contributed by atoms with E-state index >= 15 is 0 Å². The number of carbonyl (C=O) groups is 1. The number of amides is 1. The molecule has 0 aliphatic carbocycles. The van der Waals surface area contributed by atoms with Crippen molar-refractivity contribution >= 4 is 18.3 Å². The van der Waals surface area contributed by atoms with Gasteiger partial charge in [0.15, 0.2) is 0 Å². The van der Waals surface area contributed by atoms with Gasteiger partial charge in [-0.25, -0.2) is 0 Å². The molecule has 0 aromatic carbocycles. The van der Waals surface area contributed by atoms with Gasteiger partial charge in [0.05, 0.1) is 25.1 Å². The second-order valence-electron chi connectivity index (χ2n) is 10.1. The van der Waals surface area contributed by atoms with E-state index in [0.29, 0.717) is 25.8 Å². The smallest absolute Gasteiger partial charge is 0.211 e. The summed E-state index contributed by atoms with van der Waals surface area (Å²) in [5.74, 6) is 0. The predicted octanol–water partition coefficient (Wildman–Crippen LogP) is 9.83. The molecule has 0 aliphatic rings. The van der Waals surface area contributed by atoms with Gasteiger partial charge in [0.25, 0.3) is 0 Å². The molecule has 0 fully saturated rings. The molecule has 47 heavy (non-hydrogen) atoms. The Morgan fingerprint density at radius 3 is 2.13 bits per heavy atom. The molecule has 0 radical (unpaired) electrons. The number of aliphatic imine (C=N–C) groups is 2. The van der Waals surface area contributed by atoms with Gasteiger partial charge in [-0.1, -0.05) is 109 Å². The van der Waals surface area contributed by atoms with Crippen molar-refractivity contribution in [2.45, 2.75) is 127 Å². The van der Waals surface area contributed by atoms with Gasteiger partial charge in [0, 0.05) is 24.6 Å². The van der Waals surface area contributed by atoms with Crippen molar-refractivity contribution in [2.75, 3.05) is 26.5 Å². The van der Waals surface area contributed by atoms with E-state index in [1.807, 2.05) is 85.8 Å². The maximum atomic E-state index is 10.1. The van der Waals surface area contributed by atoms with Crippen LogP contribution < -0.4 is 16.0 Å². The zero-order valence-electron chi connectivity index (χ0n) is 32.2. The molecule has 1 amide bonds. The summed E-state index contributed by atoms with van der Waals surface area (Å²) in [6, 6.07) is 0.309. The third-order valence-corrected chi connectivity index (χ3v) is 6.19. The summed E-state index contributed by atoms with van der Waals surface area (Å²) in [5.41, 5.74) is 4.25. The quantitative estimate of drug-likeness (QED) is 0.0336. The standard InChI is InChI=1S/C16H28O.C13H22N2.C9H17N3O.C2H6/c1-6-9-11-16(17-12-10-7-2)13-15(5)14(4)8-3;1-5-8-10-13(7-3)15-11-14-12(4)9-6-2;1-3-5-9(12-8-13)6-11-7-10-4-2;1-2/h6,9,13,16H,4,7-8,10-12H2,1-3,5H3;5-9,13,15H,3,10-11H2,1-2,4H3;5-6,8,10H,3-4,7H2,1-2H3,(H,12,13);1-2H3/b9-6-,15-13+;8-5-,9-6-,14-12-;9-5+,11-6-;. The van der Waals surface area contributed by atoms with Crippen LogP contribution >= 0.6 is 0 Å². The Balaban J connectivity index is -0.000000289. The lowest BCUT2D eigenvalue weighted by Crippen LogP contribution is -2.26. The molecule has 2 unspecified atom stereocenters. The average Bonchev–Trinajstić information content (AvgIpc) is 3.08. The van der Waals surface area contributed by atoms with Crippen LogP contribution in [0.15, 0.2) is 94.7 Å². The number of nitrogens with one attached hydrogen (secondary N) is 3. The Labute approximate surface area is 291 Å². The van der Waals surface area contributed by atoms with Crippen LogP contribution in [-0.2, 0) is 9.53 Å². The fraction of sp³-hybridized carbons (Fsp3) is 0.575. The minimum atomic E-state index is 0.195. The summed E-state index contributed by atoms with van der Waals surface area (Å²) in [6.07, 6.45) is 27.1. The molecule has 0 saturated heterocycles. The Hall–Kier alpha value is -3.13. The molecule has 0 heterocycles. The highest BCUT2D eigenvalue weighted by Gasteiger charge is 2.05. The van der Waals surface area contributed by atoms with Crippen molar-refractivity contribution < 1.29 is 9.53 Å². The number of nitrogens with zero attached hydrogens (tertiary/aromatic N) is 2. The molecule has 7 heteroatoms. The van der Waals surface area contributed by atoms with Crippen LogP contribution in [0.25, 0.3) is 0 Å². The molecule has 2 atom stereocenters. The van der Waals surface area contributed by atoms with Crippen LogP contribution in [0.4, 0.5) is 0 Å². The fourth-order valence-corrected chi connectivity index (χ4v) is 3.39. The zero-order chi connectivity index (χ0) is 36.6. The van der Waals surface area contributed by atoms with Gasteiger partial charge in [-0.15, -0.1) is 6.58 Å². The Morgan fingerprint density at radius 1 is 0.957 bits per heavy atom. The van der Waals surface area contributed by atoms with Crippen LogP contribution in [0.3, 0.4) is 0 Å². The lowest BCUT2D eigenvalue weighted by Gasteiger charge is -2.14. The number of rotatable bonds is 23. The summed E-state index contributed by atoms with van der Waals surface area (Å²) >= 11 is 0. The average molecular weight is 656 g/mol. The van der Waals surface area contributed by atoms with Gasteiger partial charge in [-0.3, -0.25) is 25.4 Å². The monoisotopic (exact) mass is 656 g/mol. The molecule has 0 aromatic heterocycles. The number of hydrogen-bond donors (Lipinski definition) is 3. The first-order valence-electron chi connectivity index (χ1n) is 17.6. The molecular formula is C40H73N5O2. The number of carbonyl (C=O) groups excluding carboxylic acids is 1. The highest BCUT2D eigenvalue weighted by atomic mass is 16.5. The van der Waals surface area contributed by atoms with Gasteiger partial charge in [0.1, 0.15) is 0 Å². The molecule has 0 rings (SSSR count). The van der Waals surface area contributed by atoms with E-state index in [-0.39, 0.29) is 6.10 Å². The number of allylic oxidation sites excluding steroid dienone is 8. The van der Waals surface area contributed by atoms with Crippen molar-refractivity contribution in [1.82, 2.24) is 16.0 Å². The largest absolute Gasteiger partial charge is 0.374 e. The topological polar surface area (TPSA) is 87.1 Å². The van der Waals surface area contributed by atoms with Gasteiger partial charge in [-0.05, 0) is 84.9 Å². The SMILES string of the molecule is C=C(CC)/C(C)=C/C(C/C=C\C)OCCCC.C=CC(C/C=C\C)NC/N=C(C)\C=C/C.CC.CC/C=C(\C=N/CNCC)NC=O. The first kappa shape index (κ1) is 50.7.